The second-order valence-corrected chi connectivity index (χ2v) is 10.8. The first-order chi connectivity index (χ1) is 20.2. The van der Waals surface area contributed by atoms with E-state index in [2.05, 4.69) is 25.5 Å². The predicted octanol–water partition coefficient (Wildman–Crippen LogP) is 5.65. The lowest BCUT2D eigenvalue weighted by Crippen LogP contribution is -2.39. The third kappa shape index (κ3) is 8.05. The Morgan fingerprint density at radius 2 is 1.77 bits per heavy atom. The Bertz CT molecular complexity index is 1570. The summed E-state index contributed by atoms with van der Waals surface area (Å²) in [5.74, 6) is -1.49. The lowest BCUT2D eigenvalue weighted by molar-refractivity contribution is -0.136. The first-order valence-corrected chi connectivity index (χ1v) is 13.4. The number of aromatic amines is 1. The van der Waals surface area contributed by atoms with Gasteiger partial charge in [0.2, 0.25) is 5.78 Å². The molecule has 0 bridgehead atoms. The number of halogens is 4. The summed E-state index contributed by atoms with van der Waals surface area (Å²) in [7, 11) is 0. The number of aromatic nitrogens is 6. The molecule has 0 spiro atoms. The Kier molecular flexibility index (Phi) is 9.30. The van der Waals surface area contributed by atoms with E-state index in [4.69, 9.17) is 9.47 Å². The highest BCUT2D eigenvalue weighted by Crippen LogP contribution is 2.38. The zero-order valence-electron chi connectivity index (χ0n) is 24.0. The smallest absolute Gasteiger partial charge is 0.420 e. The van der Waals surface area contributed by atoms with Gasteiger partial charge in [-0.05, 0) is 65.2 Å². The maximum absolute atomic E-state index is 13.4. The molecule has 4 aromatic rings. The molecule has 0 unspecified atom stereocenters. The minimum atomic E-state index is -4.69. The van der Waals surface area contributed by atoms with Crippen LogP contribution in [0.1, 0.15) is 61.8 Å². The number of rotatable bonds is 5. The van der Waals surface area contributed by atoms with E-state index in [1.165, 1.54) is 18.7 Å². The molecule has 0 radical (unpaired) electrons. The molecule has 5 heterocycles. The van der Waals surface area contributed by atoms with Crippen molar-refractivity contribution >= 4 is 17.4 Å². The lowest BCUT2D eigenvalue weighted by atomic mass is 10.1. The zero-order chi connectivity index (χ0) is 31.4. The molecule has 1 amide bonds. The van der Waals surface area contributed by atoms with Gasteiger partial charge in [0.1, 0.15) is 39.6 Å². The number of piperidine rings is 1. The molecule has 15 heteroatoms. The van der Waals surface area contributed by atoms with Crippen molar-refractivity contribution in [3.8, 4) is 17.0 Å². The molecule has 0 aromatic carbocycles. The molecule has 43 heavy (non-hydrogen) atoms. The number of nitrogens with zero attached hydrogens (tertiary/aromatic N) is 6. The van der Waals surface area contributed by atoms with E-state index < -0.39 is 29.9 Å². The Labute approximate surface area is 244 Å². The minimum Gasteiger partial charge on any atom is -0.483 e. The monoisotopic (exact) mass is 605 g/mol. The summed E-state index contributed by atoms with van der Waals surface area (Å²) in [5, 5.41) is 14.0. The van der Waals surface area contributed by atoms with Crippen LogP contribution in [0.25, 0.3) is 16.8 Å². The van der Waals surface area contributed by atoms with Crippen LogP contribution in [-0.4, -0.2) is 72.1 Å². The van der Waals surface area contributed by atoms with Gasteiger partial charge in [-0.1, -0.05) is 0 Å². The van der Waals surface area contributed by atoms with Crippen molar-refractivity contribution in [2.75, 3.05) is 19.7 Å². The summed E-state index contributed by atoms with van der Waals surface area (Å²) in [6, 6.07) is 3.53. The van der Waals surface area contributed by atoms with Gasteiger partial charge < -0.3 is 14.4 Å². The number of carbonyl (C=O) groups is 2. The third-order valence-corrected chi connectivity index (χ3v) is 6.26. The number of hydrogen-bond acceptors (Lipinski definition) is 8. The van der Waals surface area contributed by atoms with Crippen LogP contribution in [0.4, 0.5) is 22.4 Å². The molecule has 5 rings (SSSR count). The van der Waals surface area contributed by atoms with E-state index in [1.807, 2.05) is 20.8 Å². The summed E-state index contributed by atoms with van der Waals surface area (Å²) >= 11 is 0. The average Bonchev–Trinajstić information content (AvgIpc) is 3.58. The number of nitrogens with one attached hydrogen (secondary N) is 1. The highest BCUT2D eigenvalue weighted by atomic mass is 19.4. The van der Waals surface area contributed by atoms with Crippen molar-refractivity contribution in [3.05, 3.63) is 59.6 Å². The average molecular weight is 606 g/mol. The van der Waals surface area contributed by atoms with Gasteiger partial charge in [-0.25, -0.2) is 18.7 Å². The predicted molar refractivity (Wildman–Crippen MR) is 146 cm³/mol. The van der Waals surface area contributed by atoms with Crippen molar-refractivity contribution in [2.24, 2.45) is 0 Å². The van der Waals surface area contributed by atoms with Crippen molar-refractivity contribution in [3.63, 3.8) is 0 Å². The van der Waals surface area contributed by atoms with Gasteiger partial charge in [-0.15, -0.1) is 0 Å². The fraction of sp³-hybridized carbons (Fsp3) is 0.429. The zero-order valence-corrected chi connectivity index (χ0v) is 24.0. The fourth-order valence-electron chi connectivity index (χ4n) is 4.25. The molecule has 1 N–H and O–H groups in total. The molecule has 0 aliphatic carbocycles. The van der Waals surface area contributed by atoms with Gasteiger partial charge in [-0.3, -0.25) is 4.79 Å². The first kappa shape index (κ1) is 31.4. The number of ether oxygens (including phenoxy) is 2. The third-order valence-electron chi connectivity index (χ3n) is 6.26. The summed E-state index contributed by atoms with van der Waals surface area (Å²) in [6.07, 6.45) is 1.49. The van der Waals surface area contributed by atoms with E-state index in [0.717, 1.165) is 48.8 Å². The van der Waals surface area contributed by atoms with E-state index in [0.29, 0.717) is 23.1 Å². The molecule has 1 aliphatic heterocycles. The molecule has 1 aliphatic rings. The number of amides is 1. The molecule has 0 saturated carbocycles. The summed E-state index contributed by atoms with van der Waals surface area (Å²) < 4.78 is 64.9. The molecule has 230 valence electrons. The first-order valence-electron chi connectivity index (χ1n) is 13.4. The normalized spacial score (nSPS) is 13.8. The van der Waals surface area contributed by atoms with Crippen LogP contribution in [0, 0.1) is 12.7 Å². The number of Topliss-reactive ketones (excluding diaryl/α,β-unsaturated/α-hetero) is 1. The number of pyridine rings is 2. The van der Waals surface area contributed by atoms with E-state index in [-0.39, 0.29) is 28.7 Å². The van der Waals surface area contributed by atoms with Crippen molar-refractivity contribution in [2.45, 2.75) is 58.7 Å². The Balaban J connectivity index is 0.000000273. The second kappa shape index (κ2) is 12.8. The number of carbonyl (C=O) groups excluding carboxylic acids is 2. The van der Waals surface area contributed by atoms with Crippen LogP contribution < -0.4 is 4.74 Å². The van der Waals surface area contributed by atoms with E-state index >= 15 is 0 Å². The Hall–Kier alpha value is -4.56. The molecular weight excluding hydrogens is 574 g/mol. The number of aryl methyl sites for hydroxylation is 1. The van der Waals surface area contributed by atoms with Crippen LogP contribution in [0.2, 0.25) is 0 Å². The molecular formula is C28H31F4N7O4. The highest BCUT2D eigenvalue weighted by molar-refractivity contribution is 5.95. The number of fused-ring (bicyclic) bond motifs is 1. The molecule has 0 atom stereocenters. The van der Waals surface area contributed by atoms with Gasteiger partial charge in [0.25, 0.3) is 0 Å². The number of H-pyrrole nitrogens is 1. The van der Waals surface area contributed by atoms with Gasteiger partial charge in [0.05, 0.1) is 18.1 Å². The number of ketones is 1. The van der Waals surface area contributed by atoms with E-state index in [9.17, 15) is 27.2 Å². The SMILES string of the molecule is CC(C)(C)OC(=O)N1CCCCC1.Cc1n[nH]nc1-c1cc(OCC(=O)c2ccc(F)cn2)c2c(C(F)(F)F)cnn2c1. The number of likely N-dealkylation sites (tertiary alicyclic amines) is 1. The van der Waals surface area contributed by atoms with E-state index in [1.54, 1.807) is 11.8 Å². The van der Waals surface area contributed by atoms with Gasteiger partial charge >= 0.3 is 12.3 Å². The standard InChI is InChI=1S/C18H12F4N6O2.C10H19NO2/c1-9-16(26-27-25-9)10-4-15(17-12(18(20,21)22)6-24-28(17)7-10)30-8-14(29)13-3-2-11(19)5-23-13;1-10(2,3)13-9(12)11-7-5-4-6-8-11/h2-7H,8H2,1H3,(H,25,26,27);4-8H2,1-3H3. The van der Waals surface area contributed by atoms with Gasteiger partial charge in [0, 0.05) is 24.8 Å². The van der Waals surface area contributed by atoms with Crippen LogP contribution >= 0.6 is 0 Å². The van der Waals surface area contributed by atoms with Crippen LogP contribution in [0.5, 0.6) is 5.75 Å². The van der Waals surface area contributed by atoms with Crippen LogP contribution in [0.3, 0.4) is 0 Å². The van der Waals surface area contributed by atoms with Crippen molar-refractivity contribution in [1.82, 2.24) is 34.9 Å². The van der Waals surface area contributed by atoms with Gasteiger partial charge in [-0.2, -0.15) is 33.7 Å². The van der Waals surface area contributed by atoms with Crippen molar-refractivity contribution < 1.29 is 36.6 Å². The molecule has 11 nitrogen and oxygen atoms in total. The largest absolute Gasteiger partial charge is 0.483 e. The quantitative estimate of drug-likeness (QED) is 0.228. The lowest BCUT2D eigenvalue weighted by Gasteiger charge is -2.29. The summed E-state index contributed by atoms with van der Waals surface area (Å²) in [6.45, 7) is 8.46. The second-order valence-electron chi connectivity index (χ2n) is 10.8. The molecule has 4 aromatic heterocycles. The molecule has 1 fully saturated rings. The number of hydrogen-bond donors (Lipinski definition) is 1. The number of alkyl halides is 3. The maximum Gasteiger partial charge on any atom is 0.420 e. The Morgan fingerprint density at radius 3 is 2.35 bits per heavy atom. The Morgan fingerprint density at radius 1 is 1.05 bits per heavy atom. The summed E-state index contributed by atoms with van der Waals surface area (Å²) in [5.41, 5.74) is -0.546. The van der Waals surface area contributed by atoms with Crippen LogP contribution in [-0.2, 0) is 10.9 Å². The maximum atomic E-state index is 13.4. The highest BCUT2D eigenvalue weighted by Gasteiger charge is 2.36. The minimum absolute atomic E-state index is 0.0829. The summed E-state index contributed by atoms with van der Waals surface area (Å²) in [4.78, 5) is 29.2. The van der Waals surface area contributed by atoms with Gasteiger partial charge in [0.15, 0.2) is 6.61 Å². The van der Waals surface area contributed by atoms with Crippen molar-refractivity contribution in [1.29, 1.82) is 0 Å². The van der Waals surface area contributed by atoms with Crippen LogP contribution in [0.15, 0.2) is 36.8 Å². The topological polar surface area (TPSA) is 128 Å². The molecule has 1 saturated heterocycles. The fourth-order valence-corrected chi connectivity index (χ4v) is 4.25.